The van der Waals surface area contributed by atoms with Gasteiger partial charge in [0.2, 0.25) is 11.8 Å². The molecule has 3 aromatic rings. The number of anilines is 1. The average Bonchev–Trinajstić information content (AvgIpc) is 3.79. The van der Waals surface area contributed by atoms with Gasteiger partial charge in [-0.1, -0.05) is 29.5 Å². The molecule has 2 aromatic carbocycles. The number of benzene rings is 2. The van der Waals surface area contributed by atoms with Gasteiger partial charge in [-0.3, -0.25) is 24.1 Å². The number of ether oxygens (including phenoxy) is 2. The third-order valence-corrected chi connectivity index (χ3v) is 13.0. The van der Waals surface area contributed by atoms with Crippen molar-refractivity contribution in [2.24, 2.45) is 29.6 Å². The molecule has 8 rings (SSSR count). The minimum absolute atomic E-state index is 0.0133. The molecule has 4 fully saturated rings. The van der Waals surface area contributed by atoms with E-state index in [9.17, 15) is 19.2 Å². The van der Waals surface area contributed by atoms with Crippen LogP contribution in [-0.2, 0) is 14.4 Å². The molecule has 2 bridgehead atoms. The van der Waals surface area contributed by atoms with E-state index in [0.717, 1.165) is 54.2 Å². The van der Waals surface area contributed by atoms with Crippen LogP contribution in [0.2, 0.25) is 0 Å². The first-order valence-electron chi connectivity index (χ1n) is 15.4. The first-order chi connectivity index (χ1) is 21.4. The molecule has 3 aliphatic heterocycles. The van der Waals surface area contributed by atoms with Crippen molar-refractivity contribution in [3.8, 4) is 11.5 Å². The predicted molar refractivity (Wildman–Crippen MR) is 166 cm³/mol. The number of H-pyrrole nitrogens is 1. The molecule has 0 radical (unpaired) electrons. The number of aromatic nitrogens is 1. The lowest BCUT2D eigenvalue weighted by molar-refractivity contribution is -0.134. The minimum Gasteiger partial charge on any atom is -0.497 e. The Balaban J connectivity index is 1.14. The van der Waals surface area contributed by atoms with E-state index in [1.807, 2.05) is 29.2 Å². The number of hydrogen-bond donors (Lipinski definition) is 1. The molecule has 5 aliphatic rings. The normalized spacial score (nSPS) is 30.2. The molecule has 1 aromatic heterocycles. The number of fused-ring (bicyclic) bond motifs is 9. The summed E-state index contributed by atoms with van der Waals surface area (Å²) in [6.07, 6.45) is 3.98. The van der Waals surface area contributed by atoms with E-state index >= 15 is 0 Å². The summed E-state index contributed by atoms with van der Waals surface area (Å²) in [4.78, 5) is 60.8. The Kier molecular flexibility index (Phi) is 6.86. The lowest BCUT2D eigenvalue weighted by Crippen LogP contribution is -2.43. The number of piperidine rings is 1. The Hall–Kier alpha value is -3.57. The van der Waals surface area contributed by atoms with Crippen LogP contribution in [-0.4, -0.2) is 59.7 Å². The number of carbonyl (C=O) groups excluding carboxylic acids is 3. The summed E-state index contributed by atoms with van der Waals surface area (Å²) in [7, 11) is 1.58. The molecule has 2 aliphatic carbocycles. The zero-order valence-electron chi connectivity index (χ0n) is 24.3. The monoisotopic (exact) mass is 631 g/mol. The summed E-state index contributed by atoms with van der Waals surface area (Å²) in [6.45, 7) is 1.49. The predicted octanol–water partition coefficient (Wildman–Crippen LogP) is 4.51. The molecule has 4 heterocycles. The molecule has 44 heavy (non-hydrogen) atoms. The number of nitrogens with zero attached hydrogens (tertiary/aromatic N) is 2. The average molecular weight is 632 g/mol. The summed E-state index contributed by atoms with van der Waals surface area (Å²) in [5.74, 6) is 0.117. The molecule has 2 saturated carbocycles. The lowest BCUT2D eigenvalue weighted by Gasteiger charge is -2.43. The first kappa shape index (κ1) is 27.9. The van der Waals surface area contributed by atoms with Crippen molar-refractivity contribution in [3.05, 3.63) is 68.6 Å². The highest BCUT2D eigenvalue weighted by Crippen LogP contribution is 2.69. The van der Waals surface area contributed by atoms with Gasteiger partial charge in [-0.25, -0.2) is 0 Å². The highest BCUT2D eigenvalue weighted by molar-refractivity contribution is 8.00. The smallest absolute Gasteiger partial charge is 0.305 e. The molecule has 2 saturated heterocycles. The van der Waals surface area contributed by atoms with Crippen LogP contribution in [0.5, 0.6) is 11.5 Å². The molecular weight excluding hydrogens is 599 g/mol. The maximum Gasteiger partial charge on any atom is 0.305 e. The van der Waals surface area contributed by atoms with Crippen molar-refractivity contribution in [2.45, 2.75) is 41.9 Å². The second-order valence-electron chi connectivity index (χ2n) is 12.4. The Morgan fingerprint density at radius 3 is 2.43 bits per heavy atom. The first-order valence-corrected chi connectivity index (χ1v) is 17.0. The Morgan fingerprint density at radius 2 is 1.68 bits per heavy atom. The van der Waals surface area contributed by atoms with Crippen LogP contribution in [0.4, 0.5) is 5.69 Å². The molecule has 9 nitrogen and oxygen atoms in total. The van der Waals surface area contributed by atoms with Crippen molar-refractivity contribution >= 4 is 46.5 Å². The Bertz CT molecular complexity index is 1700. The van der Waals surface area contributed by atoms with Crippen LogP contribution in [0.15, 0.2) is 58.4 Å². The van der Waals surface area contributed by atoms with Crippen LogP contribution in [0.1, 0.15) is 42.0 Å². The molecular formula is C33H33N3O6S2. The largest absolute Gasteiger partial charge is 0.497 e. The quantitative estimate of drug-likeness (QED) is 0.399. The molecule has 11 heteroatoms. The van der Waals surface area contributed by atoms with E-state index in [1.165, 1.54) is 16.2 Å². The molecule has 7 atom stereocenters. The number of methoxy groups -OCH3 is 1. The van der Waals surface area contributed by atoms with Crippen molar-refractivity contribution in [1.82, 2.24) is 9.88 Å². The van der Waals surface area contributed by atoms with Gasteiger partial charge in [-0.05, 0) is 73.8 Å². The van der Waals surface area contributed by atoms with E-state index in [0.29, 0.717) is 17.2 Å². The molecule has 1 N–H and O–H groups in total. The number of amides is 3. The van der Waals surface area contributed by atoms with Crippen LogP contribution in [0.3, 0.4) is 0 Å². The number of carbonyl (C=O) groups is 3. The Morgan fingerprint density at radius 1 is 0.955 bits per heavy atom. The fourth-order valence-corrected chi connectivity index (χ4v) is 11.5. The number of imide groups is 1. The van der Waals surface area contributed by atoms with Crippen LogP contribution >= 0.6 is 23.1 Å². The fraction of sp³-hybridized carbons (Fsp3) is 0.455. The van der Waals surface area contributed by atoms with Gasteiger partial charge in [0.1, 0.15) is 11.5 Å². The zero-order chi connectivity index (χ0) is 30.1. The van der Waals surface area contributed by atoms with E-state index in [-0.39, 0.29) is 64.0 Å². The number of nitrogens with one attached hydrogen (secondary N) is 1. The number of thiazole rings is 1. The number of hydrogen-bond acceptors (Lipinski definition) is 8. The van der Waals surface area contributed by atoms with Gasteiger partial charge >= 0.3 is 4.87 Å². The molecule has 0 spiro atoms. The van der Waals surface area contributed by atoms with E-state index in [4.69, 9.17) is 9.47 Å². The van der Waals surface area contributed by atoms with Crippen LogP contribution in [0.25, 0.3) is 0 Å². The summed E-state index contributed by atoms with van der Waals surface area (Å²) in [5, 5.41) is 0.915. The number of aromatic amines is 1. The summed E-state index contributed by atoms with van der Waals surface area (Å²) >= 11 is 2.88. The zero-order valence-corrected chi connectivity index (χ0v) is 25.9. The summed E-state index contributed by atoms with van der Waals surface area (Å²) in [5.41, 5.74) is 1.50. The number of rotatable bonds is 6. The maximum atomic E-state index is 14.1. The SMILES string of the molecule is COc1ccc(N2C(=O)C3C4CC(C3C2=O)C2C4Sc3[nH]c(=O)sc3[C@@H]2c2ccccc2OCC(=O)N2CCCCC2)cc1. The van der Waals surface area contributed by atoms with Gasteiger partial charge in [0.05, 0.1) is 29.7 Å². The topological polar surface area (TPSA) is 109 Å². The van der Waals surface area contributed by atoms with Gasteiger partial charge in [0.25, 0.3) is 5.91 Å². The molecule has 228 valence electrons. The van der Waals surface area contributed by atoms with Crippen LogP contribution < -0.4 is 19.2 Å². The summed E-state index contributed by atoms with van der Waals surface area (Å²) in [6, 6.07) is 14.9. The molecule has 3 amide bonds. The third-order valence-electron chi connectivity index (χ3n) is 10.4. The second-order valence-corrected chi connectivity index (χ2v) is 14.6. The maximum absolute atomic E-state index is 14.1. The van der Waals surface area contributed by atoms with E-state index in [1.54, 1.807) is 43.1 Å². The minimum atomic E-state index is -0.398. The molecule has 6 unspecified atom stereocenters. The number of thioether (sulfide) groups is 1. The van der Waals surface area contributed by atoms with E-state index in [2.05, 4.69) is 4.98 Å². The van der Waals surface area contributed by atoms with Crippen molar-refractivity contribution in [3.63, 3.8) is 0 Å². The van der Waals surface area contributed by atoms with E-state index < -0.39 is 5.92 Å². The standard InChI is InChI=1S/C33H33N3O6S2/c1-41-18-11-9-17(10-12-18)36-31(38)26-20-15-21(27(26)32(36)39)28-25(20)24(29-30(43-28)34-33(40)44-29)19-7-3-4-8-22(19)42-16-23(37)35-13-5-2-6-14-35/h3-4,7-12,20-21,24-28H,2,5-6,13-16H2,1H3,(H,34,40)/t20?,21?,24-,25?,26?,27?,28?/m1/s1. The second kappa shape index (κ2) is 10.8. The highest BCUT2D eigenvalue weighted by Gasteiger charge is 2.69. The van der Waals surface area contributed by atoms with Crippen molar-refractivity contribution in [2.75, 3.05) is 31.7 Å². The van der Waals surface area contributed by atoms with Gasteiger partial charge in [0.15, 0.2) is 6.61 Å². The van der Waals surface area contributed by atoms with Crippen molar-refractivity contribution in [1.29, 1.82) is 0 Å². The summed E-state index contributed by atoms with van der Waals surface area (Å²) < 4.78 is 11.5. The highest BCUT2D eigenvalue weighted by atomic mass is 32.2. The van der Waals surface area contributed by atoms with Crippen LogP contribution in [0, 0.1) is 29.6 Å². The fourth-order valence-electron chi connectivity index (χ4n) is 8.59. The van der Waals surface area contributed by atoms with Gasteiger partial charge in [-0.2, -0.15) is 0 Å². The number of para-hydroxylation sites is 1. The van der Waals surface area contributed by atoms with Crippen molar-refractivity contribution < 1.29 is 23.9 Å². The van der Waals surface area contributed by atoms with Gasteiger partial charge in [0, 0.05) is 34.7 Å². The van der Waals surface area contributed by atoms with Gasteiger partial charge in [-0.15, -0.1) is 11.8 Å². The lowest BCUT2D eigenvalue weighted by atomic mass is 9.68. The third kappa shape index (κ3) is 4.26. The Labute approximate surface area is 262 Å². The van der Waals surface area contributed by atoms with Gasteiger partial charge < -0.3 is 19.4 Å². The number of likely N-dealkylation sites (tertiary alicyclic amines) is 1.